The lowest BCUT2D eigenvalue weighted by Gasteiger charge is -2.17. The number of aromatic nitrogens is 2. The lowest BCUT2D eigenvalue weighted by molar-refractivity contribution is -0.128. The van der Waals surface area contributed by atoms with Crippen molar-refractivity contribution in [1.29, 1.82) is 0 Å². The van der Waals surface area contributed by atoms with Crippen LogP contribution >= 0.6 is 0 Å². The Morgan fingerprint density at radius 3 is 2.79 bits per heavy atom. The highest BCUT2D eigenvalue weighted by atomic mass is 16.2. The SMILES string of the molecule is Cc1ccc(CN2CCC(Nc3nc4ccccc4[nH]3)C2=O)cc1. The molecule has 0 radical (unpaired) electrons. The number of fused-ring (bicyclic) bond motifs is 1. The summed E-state index contributed by atoms with van der Waals surface area (Å²) in [6.07, 6.45) is 0.793. The van der Waals surface area contributed by atoms with Crippen LogP contribution in [0.4, 0.5) is 5.95 Å². The lowest BCUT2D eigenvalue weighted by Crippen LogP contribution is -2.33. The van der Waals surface area contributed by atoms with Crippen molar-refractivity contribution < 1.29 is 4.79 Å². The molecule has 1 amide bonds. The van der Waals surface area contributed by atoms with Crippen molar-refractivity contribution in [3.8, 4) is 0 Å². The Hall–Kier alpha value is -2.82. The highest BCUT2D eigenvalue weighted by Gasteiger charge is 2.32. The first-order chi connectivity index (χ1) is 11.7. The van der Waals surface area contributed by atoms with Gasteiger partial charge >= 0.3 is 0 Å². The van der Waals surface area contributed by atoms with Crippen LogP contribution in [0, 0.1) is 6.92 Å². The van der Waals surface area contributed by atoms with E-state index in [4.69, 9.17) is 0 Å². The number of carbonyl (C=O) groups is 1. The third kappa shape index (κ3) is 2.85. The smallest absolute Gasteiger partial charge is 0.245 e. The number of imidazole rings is 1. The van der Waals surface area contributed by atoms with E-state index in [1.165, 1.54) is 11.1 Å². The molecule has 4 rings (SSSR count). The topological polar surface area (TPSA) is 61.0 Å². The number of nitrogens with one attached hydrogen (secondary N) is 2. The Balaban J connectivity index is 1.44. The van der Waals surface area contributed by atoms with E-state index in [2.05, 4.69) is 46.5 Å². The zero-order valence-electron chi connectivity index (χ0n) is 13.6. The summed E-state index contributed by atoms with van der Waals surface area (Å²) >= 11 is 0. The number of hydrogen-bond donors (Lipinski definition) is 2. The van der Waals surface area contributed by atoms with E-state index in [0.717, 1.165) is 24.0 Å². The van der Waals surface area contributed by atoms with Crippen molar-refractivity contribution >= 4 is 22.9 Å². The third-order valence-corrected chi connectivity index (χ3v) is 4.49. The van der Waals surface area contributed by atoms with Gasteiger partial charge in [-0.2, -0.15) is 0 Å². The molecule has 2 N–H and O–H groups in total. The summed E-state index contributed by atoms with van der Waals surface area (Å²) in [7, 11) is 0. The molecule has 3 aromatic rings. The molecule has 0 bridgehead atoms. The molecule has 1 aliphatic heterocycles. The Kier molecular flexibility index (Phi) is 3.69. The molecule has 0 saturated carbocycles. The van der Waals surface area contributed by atoms with E-state index < -0.39 is 0 Å². The molecule has 1 aromatic heterocycles. The molecule has 5 heteroatoms. The van der Waals surface area contributed by atoms with Crippen LogP contribution in [-0.2, 0) is 11.3 Å². The van der Waals surface area contributed by atoms with Crippen LogP contribution in [0.1, 0.15) is 17.5 Å². The minimum absolute atomic E-state index is 0.135. The summed E-state index contributed by atoms with van der Waals surface area (Å²) in [5.74, 6) is 0.794. The standard InChI is InChI=1S/C19H20N4O/c1-13-6-8-14(9-7-13)12-23-11-10-17(18(23)24)22-19-20-15-4-2-3-5-16(15)21-19/h2-9,17H,10-12H2,1H3,(H2,20,21,22). The Morgan fingerprint density at radius 2 is 2.00 bits per heavy atom. The van der Waals surface area contributed by atoms with Crippen LogP contribution in [0.5, 0.6) is 0 Å². The number of rotatable bonds is 4. The summed E-state index contributed by atoms with van der Waals surface area (Å²) in [5, 5.41) is 3.25. The largest absolute Gasteiger partial charge is 0.344 e. The summed E-state index contributed by atoms with van der Waals surface area (Å²) in [6, 6.07) is 16.0. The second-order valence-corrected chi connectivity index (χ2v) is 6.33. The van der Waals surface area contributed by atoms with Crippen LogP contribution in [0.3, 0.4) is 0 Å². The summed E-state index contributed by atoms with van der Waals surface area (Å²) in [4.78, 5) is 22.2. The van der Waals surface area contributed by atoms with Crippen molar-refractivity contribution in [3.63, 3.8) is 0 Å². The number of hydrogen-bond acceptors (Lipinski definition) is 3. The quantitative estimate of drug-likeness (QED) is 0.776. The number of para-hydroxylation sites is 2. The molecule has 0 spiro atoms. The van der Waals surface area contributed by atoms with Crippen molar-refractivity contribution in [2.24, 2.45) is 0 Å². The molecule has 1 atom stereocenters. The fourth-order valence-corrected chi connectivity index (χ4v) is 3.13. The first-order valence-corrected chi connectivity index (χ1v) is 8.25. The van der Waals surface area contributed by atoms with Gasteiger partial charge in [-0.1, -0.05) is 42.0 Å². The van der Waals surface area contributed by atoms with Crippen molar-refractivity contribution in [1.82, 2.24) is 14.9 Å². The fourth-order valence-electron chi connectivity index (χ4n) is 3.13. The number of benzene rings is 2. The number of carbonyl (C=O) groups excluding carboxylic acids is 1. The Morgan fingerprint density at radius 1 is 1.21 bits per heavy atom. The maximum Gasteiger partial charge on any atom is 0.245 e. The lowest BCUT2D eigenvalue weighted by atomic mass is 10.1. The molecule has 0 aliphatic carbocycles. The maximum absolute atomic E-state index is 12.6. The highest BCUT2D eigenvalue weighted by Crippen LogP contribution is 2.20. The Bertz CT molecular complexity index is 835. The first-order valence-electron chi connectivity index (χ1n) is 8.25. The number of H-pyrrole nitrogens is 1. The molecule has 1 saturated heterocycles. The average Bonchev–Trinajstić information content (AvgIpc) is 3.15. The second kappa shape index (κ2) is 6.00. The zero-order chi connectivity index (χ0) is 16.5. The van der Waals surface area contributed by atoms with Crippen molar-refractivity contribution in [2.45, 2.75) is 25.9 Å². The molecule has 2 heterocycles. The van der Waals surface area contributed by atoms with Gasteiger partial charge in [0.05, 0.1) is 11.0 Å². The van der Waals surface area contributed by atoms with Gasteiger partial charge < -0.3 is 15.2 Å². The molecule has 1 fully saturated rings. The zero-order valence-corrected chi connectivity index (χ0v) is 13.6. The fraction of sp³-hybridized carbons (Fsp3) is 0.263. The molecule has 1 unspecified atom stereocenters. The maximum atomic E-state index is 12.6. The van der Waals surface area contributed by atoms with E-state index in [9.17, 15) is 4.79 Å². The molecule has 24 heavy (non-hydrogen) atoms. The number of likely N-dealkylation sites (tertiary alicyclic amines) is 1. The van der Waals surface area contributed by atoms with Crippen LogP contribution in [0.2, 0.25) is 0 Å². The van der Waals surface area contributed by atoms with Crippen LogP contribution in [0.25, 0.3) is 11.0 Å². The van der Waals surface area contributed by atoms with Gasteiger partial charge in [0.2, 0.25) is 11.9 Å². The Labute approximate surface area is 140 Å². The van der Waals surface area contributed by atoms with Gasteiger partial charge in [-0.25, -0.2) is 4.98 Å². The number of aromatic amines is 1. The van der Waals surface area contributed by atoms with Crippen LogP contribution in [-0.4, -0.2) is 33.4 Å². The van der Waals surface area contributed by atoms with E-state index >= 15 is 0 Å². The second-order valence-electron chi connectivity index (χ2n) is 6.33. The molecule has 122 valence electrons. The van der Waals surface area contributed by atoms with Gasteiger partial charge in [0.15, 0.2) is 0 Å². The normalized spacial score (nSPS) is 17.6. The minimum Gasteiger partial charge on any atom is -0.344 e. The van der Waals surface area contributed by atoms with E-state index in [-0.39, 0.29) is 11.9 Å². The summed E-state index contributed by atoms with van der Waals surface area (Å²) in [5.41, 5.74) is 4.28. The summed E-state index contributed by atoms with van der Waals surface area (Å²) in [6.45, 7) is 3.50. The number of amides is 1. The van der Waals surface area contributed by atoms with Gasteiger partial charge in [0.1, 0.15) is 6.04 Å². The van der Waals surface area contributed by atoms with Crippen LogP contribution < -0.4 is 5.32 Å². The predicted molar refractivity (Wildman–Crippen MR) is 94.7 cm³/mol. The van der Waals surface area contributed by atoms with Gasteiger partial charge in [-0.3, -0.25) is 4.79 Å². The predicted octanol–water partition coefficient (Wildman–Crippen LogP) is 3.08. The van der Waals surface area contributed by atoms with Crippen LogP contribution in [0.15, 0.2) is 48.5 Å². The number of aryl methyl sites for hydroxylation is 1. The molecule has 5 nitrogen and oxygen atoms in total. The van der Waals surface area contributed by atoms with Gasteiger partial charge in [0.25, 0.3) is 0 Å². The molecular weight excluding hydrogens is 300 g/mol. The summed E-state index contributed by atoms with van der Waals surface area (Å²) < 4.78 is 0. The van der Waals surface area contributed by atoms with Crippen molar-refractivity contribution in [2.75, 3.05) is 11.9 Å². The van der Waals surface area contributed by atoms with E-state index in [0.29, 0.717) is 12.5 Å². The molecule has 2 aromatic carbocycles. The third-order valence-electron chi connectivity index (χ3n) is 4.49. The van der Waals surface area contributed by atoms with E-state index in [1.807, 2.05) is 29.2 Å². The molecule has 1 aliphatic rings. The number of nitrogens with zero attached hydrogens (tertiary/aromatic N) is 2. The highest BCUT2D eigenvalue weighted by molar-refractivity contribution is 5.87. The van der Waals surface area contributed by atoms with Crippen molar-refractivity contribution in [3.05, 3.63) is 59.7 Å². The minimum atomic E-state index is -0.212. The van der Waals surface area contributed by atoms with Gasteiger partial charge in [-0.05, 0) is 31.0 Å². The average molecular weight is 320 g/mol. The van der Waals surface area contributed by atoms with Gasteiger partial charge in [-0.15, -0.1) is 0 Å². The van der Waals surface area contributed by atoms with Gasteiger partial charge in [0, 0.05) is 13.1 Å². The first kappa shape index (κ1) is 14.8. The number of anilines is 1. The monoisotopic (exact) mass is 320 g/mol. The van der Waals surface area contributed by atoms with E-state index in [1.54, 1.807) is 0 Å². The molecular formula is C19H20N4O.